The van der Waals surface area contributed by atoms with Gasteiger partial charge in [-0.3, -0.25) is 4.79 Å². The van der Waals surface area contributed by atoms with E-state index in [9.17, 15) is 4.79 Å². The van der Waals surface area contributed by atoms with Gasteiger partial charge in [-0.2, -0.15) is 0 Å². The summed E-state index contributed by atoms with van der Waals surface area (Å²) in [5, 5.41) is 4.41. The summed E-state index contributed by atoms with van der Waals surface area (Å²) in [7, 11) is 1.60. The number of hydrogen-bond acceptors (Lipinski definition) is 5. The fraction of sp³-hybridized carbons (Fsp3) is 0.417. The zero-order chi connectivity index (χ0) is 22.5. The van der Waals surface area contributed by atoms with Gasteiger partial charge in [0, 0.05) is 24.2 Å². The first-order valence-electron chi connectivity index (χ1n) is 11.0. The van der Waals surface area contributed by atoms with Gasteiger partial charge in [-0.1, -0.05) is 30.1 Å². The number of imidazole rings is 1. The van der Waals surface area contributed by atoms with Crippen molar-refractivity contribution in [3.63, 3.8) is 0 Å². The molecular formula is C24H25Cl2N3O3. The number of nitrogens with zero attached hydrogens (tertiary/aromatic N) is 2. The van der Waals surface area contributed by atoms with E-state index in [1.54, 1.807) is 13.2 Å². The number of benzene rings is 2. The first-order chi connectivity index (χ1) is 15.5. The minimum absolute atomic E-state index is 0.172. The number of aryl methyl sites for hydroxylation is 1. The van der Waals surface area contributed by atoms with Gasteiger partial charge in [0.25, 0.3) is 0 Å². The molecule has 0 saturated heterocycles. The van der Waals surface area contributed by atoms with E-state index in [4.69, 9.17) is 37.7 Å². The Morgan fingerprint density at radius 1 is 1.25 bits per heavy atom. The second kappa shape index (κ2) is 8.16. The number of methoxy groups -OCH3 is 1. The van der Waals surface area contributed by atoms with E-state index in [2.05, 4.69) is 9.88 Å². The fourth-order valence-electron chi connectivity index (χ4n) is 4.52. The molecule has 32 heavy (non-hydrogen) atoms. The third-order valence-electron chi connectivity index (χ3n) is 6.36. The Morgan fingerprint density at radius 3 is 2.75 bits per heavy atom. The molecule has 2 aromatic carbocycles. The van der Waals surface area contributed by atoms with Gasteiger partial charge < -0.3 is 19.4 Å². The molecule has 0 atom stereocenters. The number of anilines is 1. The summed E-state index contributed by atoms with van der Waals surface area (Å²) in [6.45, 7) is 4.10. The molecule has 1 saturated carbocycles. The minimum Gasteiger partial charge on any atom is -0.497 e. The van der Waals surface area contributed by atoms with E-state index in [1.807, 2.05) is 25.1 Å². The molecule has 8 heteroatoms. The lowest BCUT2D eigenvalue weighted by Crippen LogP contribution is -2.25. The van der Waals surface area contributed by atoms with Crippen LogP contribution in [0.2, 0.25) is 10.0 Å². The number of carbonyl (C=O) groups excluding carboxylic acids is 1. The van der Waals surface area contributed by atoms with Crippen molar-refractivity contribution in [1.82, 2.24) is 9.55 Å². The highest BCUT2D eigenvalue weighted by atomic mass is 35.5. The van der Waals surface area contributed by atoms with Gasteiger partial charge in [0.15, 0.2) is 0 Å². The third-order valence-corrected chi connectivity index (χ3v) is 7.05. The molecule has 6 nitrogen and oxygen atoms in total. The standard InChI is InChI=1S/C24H25Cl2N3O3/c1-3-11-32-22(30)24(7-8-24)17-13-16(15-6-5-14(31-2)12-18(15)25)19(26)20-21(17)29-10-4-9-27-23(29)28-20/h5-6,12-13H,3-4,7-11H2,1-2H3,(H,27,28). The summed E-state index contributed by atoms with van der Waals surface area (Å²) < 4.78 is 13.1. The molecule has 5 rings (SSSR count). The summed E-state index contributed by atoms with van der Waals surface area (Å²) >= 11 is 13.5. The monoisotopic (exact) mass is 473 g/mol. The Labute approximate surface area is 196 Å². The van der Waals surface area contributed by atoms with E-state index < -0.39 is 5.41 Å². The van der Waals surface area contributed by atoms with Crippen LogP contribution in [0.1, 0.15) is 38.2 Å². The average Bonchev–Trinajstić information content (AvgIpc) is 3.52. The van der Waals surface area contributed by atoms with Crippen molar-refractivity contribution >= 4 is 46.2 Å². The number of rotatable bonds is 6. The van der Waals surface area contributed by atoms with E-state index in [0.29, 0.717) is 27.9 Å². The molecular weight excluding hydrogens is 449 g/mol. The van der Waals surface area contributed by atoms with Gasteiger partial charge in [-0.15, -0.1) is 0 Å². The van der Waals surface area contributed by atoms with Gasteiger partial charge in [-0.05, 0) is 55.5 Å². The van der Waals surface area contributed by atoms with Crippen LogP contribution in [-0.2, 0) is 21.5 Å². The van der Waals surface area contributed by atoms with Crippen molar-refractivity contribution in [1.29, 1.82) is 0 Å². The maximum absolute atomic E-state index is 13.2. The first-order valence-corrected chi connectivity index (χ1v) is 11.7. The molecule has 0 amide bonds. The van der Waals surface area contributed by atoms with Crippen LogP contribution in [-0.4, -0.2) is 35.8 Å². The van der Waals surface area contributed by atoms with Crippen LogP contribution in [0.3, 0.4) is 0 Å². The maximum atomic E-state index is 13.2. The van der Waals surface area contributed by atoms with Gasteiger partial charge in [0.05, 0.1) is 34.7 Å². The van der Waals surface area contributed by atoms with Crippen LogP contribution in [0.5, 0.6) is 5.75 Å². The second-order valence-corrected chi connectivity index (χ2v) is 9.20. The highest BCUT2D eigenvalue weighted by molar-refractivity contribution is 6.39. The Balaban J connectivity index is 1.76. The number of hydrogen-bond donors (Lipinski definition) is 1. The van der Waals surface area contributed by atoms with Gasteiger partial charge >= 0.3 is 5.97 Å². The van der Waals surface area contributed by atoms with Gasteiger partial charge in [-0.25, -0.2) is 4.98 Å². The predicted molar refractivity (Wildman–Crippen MR) is 127 cm³/mol. The average molecular weight is 474 g/mol. The van der Waals surface area contributed by atoms with Crippen molar-refractivity contribution in [2.45, 2.75) is 44.6 Å². The molecule has 0 spiro atoms. The molecule has 1 aromatic heterocycles. The lowest BCUT2D eigenvalue weighted by atomic mass is 9.90. The molecule has 1 aliphatic carbocycles. The Hall–Kier alpha value is -2.44. The lowest BCUT2D eigenvalue weighted by molar-refractivity contribution is -0.146. The van der Waals surface area contributed by atoms with Crippen LogP contribution >= 0.6 is 23.2 Å². The molecule has 168 valence electrons. The summed E-state index contributed by atoms with van der Waals surface area (Å²) in [4.78, 5) is 18.0. The van der Waals surface area contributed by atoms with Crippen molar-refractivity contribution in [2.75, 3.05) is 25.6 Å². The summed E-state index contributed by atoms with van der Waals surface area (Å²) in [5.74, 6) is 1.28. The van der Waals surface area contributed by atoms with Crippen LogP contribution in [0.25, 0.3) is 22.2 Å². The van der Waals surface area contributed by atoms with Crippen molar-refractivity contribution < 1.29 is 14.3 Å². The van der Waals surface area contributed by atoms with E-state index in [-0.39, 0.29) is 5.97 Å². The Kier molecular flexibility index (Phi) is 5.46. The summed E-state index contributed by atoms with van der Waals surface area (Å²) in [6, 6.07) is 7.52. The molecule has 1 fully saturated rings. The Morgan fingerprint density at radius 2 is 2.06 bits per heavy atom. The highest BCUT2D eigenvalue weighted by Crippen LogP contribution is 2.54. The summed E-state index contributed by atoms with van der Waals surface area (Å²) in [5.41, 5.74) is 3.38. The fourth-order valence-corrected chi connectivity index (χ4v) is 5.08. The lowest BCUT2D eigenvalue weighted by Gasteiger charge is -2.22. The molecule has 2 heterocycles. The third kappa shape index (κ3) is 3.32. The van der Waals surface area contributed by atoms with Gasteiger partial charge in [0.2, 0.25) is 5.95 Å². The predicted octanol–water partition coefficient (Wildman–Crippen LogP) is 5.82. The highest BCUT2D eigenvalue weighted by Gasteiger charge is 2.54. The van der Waals surface area contributed by atoms with E-state index >= 15 is 0 Å². The molecule has 1 N–H and O–H groups in total. The van der Waals surface area contributed by atoms with E-state index in [0.717, 1.165) is 66.9 Å². The SMILES string of the molecule is CCCOC(=O)C1(c2cc(-c3ccc(OC)cc3Cl)c(Cl)c3nc4n(c23)CCCN4)CC1. The first kappa shape index (κ1) is 21.4. The largest absolute Gasteiger partial charge is 0.497 e. The van der Waals surface area contributed by atoms with Crippen molar-refractivity contribution in [2.24, 2.45) is 0 Å². The topological polar surface area (TPSA) is 65.4 Å². The van der Waals surface area contributed by atoms with Crippen molar-refractivity contribution in [3.8, 4) is 16.9 Å². The number of carbonyl (C=O) groups is 1. The smallest absolute Gasteiger partial charge is 0.316 e. The number of esters is 1. The minimum atomic E-state index is -0.667. The number of ether oxygens (including phenoxy) is 2. The molecule has 3 aromatic rings. The molecule has 0 bridgehead atoms. The maximum Gasteiger partial charge on any atom is 0.316 e. The number of halogens is 2. The normalized spacial score (nSPS) is 16.4. The van der Waals surface area contributed by atoms with Gasteiger partial charge in [0.1, 0.15) is 11.3 Å². The quantitative estimate of drug-likeness (QED) is 0.456. The van der Waals surface area contributed by atoms with Crippen LogP contribution in [0, 0.1) is 0 Å². The number of aromatic nitrogens is 2. The van der Waals surface area contributed by atoms with Crippen molar-refractivity contribution in [3.05, 3.63) is 39.9 Å². The zero-order valence-electron chi connectivity index (χ0n) is 18.1. The van der Waals surface area contributed by atoms with Crippen LogP contribution in [0.15, 0.2) is 24.3 Å². The van der Waals surface area contributed by atoms with E-state index in [1.165, 1.54) is 0 Å². The second-order valence-electron chi connectivity index (χ2n) is 8.41. The molecule has 0 radical (unpaired) electrons. The zero-order valence-corrected chi connectivity index (χ0v) is 19.6. The molecule has 1 aliphatic heterocycles. The number of fused-ring (bicyclic) bond motifs is 3. The van der Waals surface area contributed by atoms with Crippen LogP contribution in [0.4, 0.5) is 5.95 Å². The summed E-state index contributed by atoms with van der Waals surface area (Å²) in [6.07, 6.45) is 3.26. The Bertz CT molecular complexity index is 1220. The number of nitrogens with one attached hydrogen (secondary N) is 1. The molecule has 2 aliphatic rings. The molecule has 0 unspecified atom stereocenters. The van der Waals surface area contributed by atoms with Crippen LogP contribution < -0.4 is 10.1 Å².